The molecule has 0 aliphatic carbocycles. The first kappa shape index (κ1) is 19.4. The number of hydrogen-bond acceptors (Lipinski definition) is 7. The smallest absolute Gasteiger partial charge is 0.155 e. The van der Waals surface area contributed by atoms with Crippen molar-refractivity contribution in [2.75, 3.05) is 42.3 Å². The molecule has 2 aromatic rings. The van der Waals surface area contributed by atoms with Crippen LogP contribution in [0.2, 0.25) is 0 Å². The van der Waals surface area contributed by atoms with E-state index in [0.717, 1.165) is 66.5 Å². The monoisotopic (exact) mass is 387 g/mol. The fourth-order valence-corrected chi connectivity index (χ4v) is 3.64. The van der Waals surface area contributed by atoms with Crippen LogP contribution >= 0.6 is 11.8 Å². The highest BCUT2D eigenvalue weighted by molar-refractivity contribution is 7.99. The van der Waals surface area contributed by atoms with Gasteiger partial charge in [-0.25, -0.2) is 4.98 Å². The van der Waals surface area contributed by atoms with Crippen LogP contribution in [0.5, 0.6) is 0 Å². The quantitative estimate of drug-likeness (QED) is 0.388. The first-order valence-electron chi connectivity index (χ1n) is 9.06. The third-order valence-corrected chi connectivity index (χ3v) is 5.17. The van der Waals surface area contributed by atoms with Crippen molar-refractivity contribution < 1.29 is 9.53 Å². The molecule has 0 bridgehead atoms. The third-order valence-electron chi connectivity index (χ3n) is 4.17. The highest BCUT2D eigenvalue weighted by atomic mass is 32.2. The van der Waals surface area contributed by atoms with Crippen molar-refractivity contribution in [2.45, 2.75) is 24.8 Å². The second-order valence-electron chi connectivity index (χ2n) is 6.33. The number of hydrogen-bond donors (Lipinski definition) is 2. The van der Waals surface area contributed by atoms with E-state index < -0.39 is 0 Å². The Balaban J connectivity index is 1.72. The van der Waals surface area contributed by atoms with Crippen molar-refractivity contribution >= 4 is 34.9 Å². The molecule has 0 unspecified atom stereocenters. The Kier molecular flexibility index (Phi) is 6.89. The fourth-order valence-electron chi connectivity index (χ4n) is 2.77. The minimum absolute atomic E-state index is 0.0851. The van der Waals surface area contributed by atoms with Gasteiger partial charge in [-0.3, -0.25) is 9.89 Å². The summed E-state index contributed by atoms with van der Waals surface area (Å²) in [6, 6.07) is 6.09. The maximum absolute atomic E-state index is 11.4. The van der Waals surface area contributed by atoms with Gasteiger partial charge < -0.3 is 15.0 Å². The zero-order valence-corrected chi connectivity index (χ0v) is 16.3. The number of thioether (sulfide) groups is 1. The van der Waals surface area contributed by atoms with Crippen LogP contribution in [0.25, 0.3) is 0 Å². The Labute approximate surface area is 163 Å². The van der Waals surface area contributed by atoms with Gasteiger partial charge in [0, 0.05) is 43.0 Å². The van der Waals surface area contributed by atoms with E-state index in [1.807, 2.05) is 19.1 Å². The largest absolute Gasteiger partial charge is 0.378 e. The highest BCUT2D eigenvalue weighted by Gasteiger charge is 2.14. The van der Waals surface area contributed by atoms with Crippen molar-refractivity contribution in [3.63, 3.8) is 0 Å². The number of allylic oxidation sites excluding steroid dienone is 1. The fraction of sp³-hybridized carbons (Fsp3) is 0.421. The number of ether oxygens (including phenoxy) is 1. The summed E-state index contributed by atoms with van der Waals surface area (Å²) < 4.78 is 5.46. The lowest BCUT2D eigenvalue weighted by Crippen LogP contribution is -2.36. The topological polar surface area (TPSA) is 83.1 Å². The molecule has 0 radical (unpaired) electrons. The Morgan fingerprint density at radius 3 is 2.89 bits per heavy atom. The lowest BCUT2D eigenvalue weighted by atomic mass is 10.2. The van der Waals surface area contributed by atoms with Gasteiger partial charge >= 0.3 is 0 Å². The molecule has 1 saturated heterocycles. The van der Waals surface area contributed by atoms with Gasteiger partial charge in [-0.2, -0.15) is 5.10 Å². The molecule has 0 atom stereocenters. The summed E-state index contributed by atoms with van der Waals surface area (Å²) in [6.07, 6.45) is 2.72. The molecule has 3 rings (SSSR count). The number of aromatic nitrogens is 3. The number of morpholine rings is 1. The van der Waals surface area contributed by atoms with Gasteiger partial charge in [0.15, 0.2) is 11.6 Å². The zero-order chi connectivity index (χ0) is 19.1. The van der Waals surface area contributed by atoms with Crippen molar-refractivity contribution in [1.82, 2.24) is 15.2 Å². The lowest BCUT2D eigenvalue weighted by molar-refractivity contribution is -0.114. The molecule has 7 nitrogen and oxygen atoms in total. The van der Waals surface area contributed by atoms with Crippen molar-refractivity contribution in [2.24, 2.45) is 0 Å². The third kappa shape index (κ3) is 5.83. The molecule has 27 heavy (non-hydrogen) atoms. The average molecular weight is 388 g/mol. The van der Waals surface area contributed by atoms with Crippen LogP contribution in [0.1, 0.15) is 18.5 Å². The van der Waals surface area contributed by atoms with Gasteiger partial charge in [-0.05, 0) is 31.2 Å². The molecule has 0 spiro atoms. The molecule has 0 amide bonds. The van der Waals surface area contributed by atoms with Gasteiger partial charge in [0.05, 0.1) is 13.2 Å². The number of anilines is 3. The Morgan fingerprint density at radius 1 is 1.37 bits per heavy atom. The summed E-state index contributed by atoms with van der Waals surface area (Å²) in [7, 11) is 0. The zero-order valence-electron chi connectivity index (χ0n) is 15.5. The van der Waals surface area contributed by atoms with E-state index in [1.54, 1.807) is 11.8 Å². The molecule has 0 saturated carbocycles. The first-order valence-corrected chi connectivity index (χ1v) is 10.0. The molecule has 0 aromatic carbocycles. The van der Waals surface area contributed by atoms with Crippen LogP contribution in [0, 0.1) is 6.92 Å². The number of carbonyl (C=O) groups is 1. The lowest BCUT2D eigenvalue weighted by Gasteiger charge is -2.29. The molecule has 1 aliphatic heterocycles. The molecule has 1 fully saturated rings. The minimum atomic E-state index is 0.0851. The summed E-state index contributed by atoms with van der Waals surface area (Å²) >= 11 is 1.66. The van der Waals surface area contributed by atoms with Crippen molar-refractivity contribution in [3.8, 4) is 0 Å². The Hall–Kier alpha value is -2.32. The van der Waals surface area contributed by atoms with Crippen LogP contribution in [0.3, 0.4) is 0 Å². The molecule has 2 aromatic heterocycles. The summed E-state index contributed by atoms with van der Waals surface area (Å²) in [5, 5.41) is 11.4. The van der Waals surface area contributed by atoms with Crippen LogP contribution in [-0.2, 0) is 9.53 Å². The second-order valence-corrected chi connectivity index (χ2v) is 7.45. The van der Waals surface area contributed by atoms with Crippen LogP contribution in [-0.4, -0.2) is 53.0 Å². The van der Waals surface area contributed by atoms with E-state index in [1.165, 1.54) is 6.08 Å². The van der Waals surface area contributed by atoms with Gasteiger partial charge in [-0.15, -0.1) is 11.8 Å². The molecule has 3 heterocycles. The molecule has 2 N–H and O–H groups in total. The standard InChI is InChI=1S/C19H25N5O2S/c1-3-16(25)5-4-10-27-19-13-15(24-6-8-26-9-7-24)12-17(21-19)20-18-11-14(2)22-23-18/h3,11-13H,1,4-10H2,2H3,(H2,20,21,22,23). The minimum Gasteiger partial charge on any atom is -0.378 e. The van der Waals surface area contributed by atoms with Gasteiger partial charge in [0.2, 0.25) is 0 Å². The average Bonchev–Trinajstić information content (AvgIpc) is 3.10. The van der Waals surface area contributed by atoms with E-state index >= 15 is 0 Å². The number of aromatic amines is 1. The second kappa shape index (κ2) is 9.57. The van der Waals surface area contributed by atoms with E-state index in [9.17, 15) is 4.79 Å². The van der Waals surface area contributed by atoms with Crippen LogP contribution in [0.15, 0.2) is 35.9 Å². The van der Waals surface area contributed by atoms with Crippen LogP contribution < -0.4 is 10.2 Å². The van der Waals surface area contributed by atoms with E-state index in [-0.39, 0.29) is 5.78 Å². The number of pyridine rings is 1. The summed E-state index contributed by atoms with van der Waals surface area (Å²) in [5.41, 5.74) is 2.11. The molecular formula is C19H25N5O2S. The number of rotatable bonds is 9. The summed E-state index contributed by atoms with van der Waals surface area (Å²) in [4.78, 5) is 18.4. The van der Waals surface area contributed by atoms with Gasteiger partial charge in [0.25, 0.3) is 0 Å². The van der Waals surface area contributed by atoms with E-state index in [2.05, 4.69) is 33.1 Å². The van der Waals surface area contributed by atoms with E-state index in [0.29, 0.717) is 6.42 Å². The Bertz CT molecular complexity index is 786. The number of nitrogens with zero attached hydrogens (tertiary/aromatic N) is 3. The molecule has 1 aliphatic rings. The maximum atomic E-state index is 11.4. The number of nitrogens with one attached hydrogen (secondary N) is 2. The van der Waals surface area contributed by atoms with Crippen molar-refractivity contribution in [1.29, 1.82) is 0 Å². The summed E-state index contributed by atoms with van der Waals surface area (Å²) in [5.74, 6) is 2.42. The SMILES string of the molecule is C=CC(=O)CCCSc1cc(N2CCOCC2)cc(Nc2cc(C)[nH]n2)n1. The van der Waals surface area contributed by atoms with Crippen LogP contribution in [0.4, 0.5) is 17.3 Å². The molecular weight excluding hydrogens is 362 g/mol. The predicted molar refractivity (Wildman–Crippen MR) is 109 cm³/mol. The van der Waals surface area contributed by atoms with Gasteiger partial charge in [0.1, 0.15) is 10.8 Å². The summed E-state index contributed by atoms with van der Waals surface area (Å²) in [6.45, 7) is 8.66. The maximum Gasteiger partial charge on any atom is 0.155 e. The highest BCUT2D eigenvalue weighted by Crippen LogP contribution is 2.28. The van der Waals surface area contributed by atoms with Gasteiger partial charge in [-0.1, -0.05) is 6.58 Å². The molecule has 144 valence electrons. The first-order chi connectivity index (χ1) is 13.1. The Morgan fingerprint density at radius 2 is 2.19 bits per heavy atom. The number of aryl methyl sites for hydroxylation is 1. The molecule has 8 heteroatoms. The number of H-pyrrole nitrogens is 1. The van der Waals surface area contributed by atoms with E-state index in [4.69, 9.17) is 9.72 Å². The van der Waals surface area contributed by atoms with Crippen molar-refractivity contribution in [3.05, 3.63) is 36.5 Å². The normalized spacial score (nSPS) is 14.2. The number of carbonyl (C=O) groups excluding carboxylic acids is 1. The number of ketones is 1. The predicted octanol–water partition coefficient (Wildman–Crippen LogP) is 3.32.